The average molecular weight is 462 g/mol. The fourth-order valence-electron chi connectivity index (χ4n) is 4.03. The van der Waals surface area contributed by atoms with Crippen molar-refractivity contribution in [3.05, 3.63) is 93.8 Å². The third-order valence-electron chi connectivity index (χ3n) is 5.75. The van der Waals surface area contributed by atoms with E-state index in [2.05, 4.69) is 20.6 Å². The van der Waals surface area contributed by atoms with Gasteiger partial charge in [-0.3, -0.25) is 14.4 Å². The summed E-state index contributed by atoms with van der Waals surface area (Å²) in [6.45, 7) is 1.84. The molecule has 0 spiro atoms. The van der Waals surface area contributed by atoms with E-state index in [9.17, 15) is 18.8 Å². The zero-order valence-electron chi connectivity index (χ0n) is 18.5. The van der Waals surface area contributed by atoms with Crippen LogP contribution in [0.5, 0.6) is 0 Å². The molecule has 2 amide bonds. The molecule has 0 radical (unpaired) electrons. The van der Waals surface area contributed by atoms with Gasteiger partial charge in [0.2, 0.25) is 0 Å². The number of carbonyl (C=O) groups is 3. The predicted molar refractivity (Wildman–Crippen MR) is 121 cm³/mol. The van der Waals surface area contributed by atoms with E-state index in [-0.39, 0.29) is 36.2 Å². The van der Waals surface area contributed by atoms with Gasteiger partial charge in [-0.1, -0.05) is 30.3 Å². The van der Waals surface area contributed by atoms with Crippen LogP contribution in [-0.4, -0.2) is 32.9 Å². The van der Waals surface area contributed by atoms with E-state index in [4.69, 9.17) is 5.11 Å². The second-order valence-electron chi connectivity index (χ2n) is 8.22. The number of fused-ring (bicyclic) bond motifs is 1. The van der Waals surface area contributed by atoms with Gasteiger partial charge in [0.15, 0.2) is 0 Å². The first-order valence-corrected chi connectivity index (χ1v) is 10.8. The monoisotopic (exact) mass is 462 g/mol. The van der Waals surface area contributed by atoms with E-state index in [1.807, 2.05) is 12.1 Å². The normalized spacial score (nSPS) is 14.4. The number of hydrogen-bond acceptors (Lipinski definition) is 5. The Balaban J connectivity index is 1.40. The Morgan fingerprint density at radius 1 is 1.03 bits per heavy atom. The van der Waals surface area contributed by atoms with Crippen molar-refractivity contribution in [2.75, 3.05) is 0 Å². The number of carboxylic acid groups (broad SMARTS) is 1. The second kappa shape index (κ2) is 9.78. The fraction of sp³-hybridized carbons (Fsp3) is 0.240. The molecule has 0 bridgehead atoms. The summed E-state index contributed by atoms with van der Waals surface area (Å²) in [6, 6.07) is 11.2. The largest absolute Gasteiger partial charge is 0.481 e. The Morgan fingerprint density at radius 2 is 1.76 bits per heavy atom. The van der Waals surface area contributed by atoms with E-state index >= 15 is 0 Å². The molecular weight excluding hydrogens is 439 g/mol. The number of aliphatic carboxylic acids is 1. The summed E-state index contributed by atoms with van der Waals surface area (Å²) < 4.78 is 13.4. The summed E-state index contributed by atoms with van der Waals surface area (Å²) in [7, 11) is 0. The Labute approximate surface area is 195 Å². The van der Waals surface area contributed by atoms with Crippen LogP contribution in [0.1, 0.15) is 61.3 Å². The van der Waals surface area contributed by atoms with E-state index in [0.717, 1.165) is 35.0 Å². The molecule has 2 aromatic carbocycles. The molecule has 1 aliphatic carbocycles. The van der Waals surface area contributed by atoms with Gasteiger partial charge in [-0.25, -0.2) is 14.4 Å². The molecule has 4 rings (SSSR count). The molecule has 3 aromatic rings. The molecular formula is C25H23FN4O4. The van der Waals surface area contributed by atoms with Gasteiger partial charge in [0.1, 0.15) is 23.5 Å². The van der Waals surface area contributed by atoms with Crippen LogP contribution in [0.25, 0.3) is 0 Å². The van der Waals surface area contributed by atoms with Crippen molar-refractivity contribution < 1.29 is 23.9 Å². The number of nitrogens with one attached hydrogen (secondary N) is 2. The molecule has 1 atom stereocenters. The van der Waals surface area contributed by atoms with Gasteiger partial charge in [-0.15, -0.1) is 0 Å². The fourth-order valence-corrected chi connectivity index (χ4v) is 4.03. The number of amides is 2. The van der Waals surface area contributed by atoms with Crippen molar-refractivity contribution in [1.82, 2.24) is 20.6 Å². The summed E-state index contributed by atoms with van der Waals surface area (Å²) in [6.07, 6.45) is 2.53. The third-order valence-corrected chi connectivity index (χ3v) is 5.75. The van der Waals surface area contributed by atoms with E-state index in [1.165, 1.54) is 12.1 Å². The van der Waals surface area contributed by atoms with E-state index < -0.39 is 17.8 Å². The summed E-state index contributed by atoms with van der Waals surface area (Å²) in [5.41, 5.74) is 4.02. The van der Waals surface area contributed by atoms with Gasteiger partial charge in [0.05, 0.1) is 12.5 Å². The molecule has 9 heteroatoms. The SMILES string of the molecule is Cc1cc(CNC(=O)c2cc(C(=O)NC3CCc4cc(CC(=O)O)ccc43)ncn2)ccc1F. The van der Waals surface area contributed by atoms with Gasteiger partial charge in [0, 0.05) is 12.6 Å². The molecule has 174 valence electrons. The number of rotatable bonds is 7. The first-order chi connectivity index (χ1) is 16.3. The van der Waals surface area contributed by atoms with Crippen molar-refractivity contribution in [3.8, 4) is 0 Å². The molecule has 1 aromatic heterocycles. The minimum atomic E-state index is -0.890. The van der Waals surface area contributed by atoms with E-state index in [1.54, 1.807) is 25.1 Å². The molecule has 3 N–H and O–H groups in total. The van der Waals surface area contributed by atoms with Gasteiger partial charge in [-0.05, 0) is 53.6 Å². The molecule has 8 nitrogen and oxygen atoms in total. The number of carbonyl (C=O) groups excluding carboxylic acids is 2. The third kappa shape index (κ3) is 5.25. The van der Waals surface area contributed by atoms with Crippen molar-refractivity contribution in [2.45, 2.75) is 38.8 Å². The minimum absolute atomic E-state index is 0.0448. The van der Waals surface area contributed by atoms with Crippen LogP contribution in [0.15, 0.2) is 48.8 Å². The number of carboxylic acids is 1. The lowest BCUT2D eigenvalue weighted by Crippen LogP contribution is -2.29. The van der Waals surface area contributed by atoms with Gasteiger partial charge in [-0.2, -0.15) is 0 Å². The van der Waals surface area contributed by atoms with Crippen LogP contribution in [0, 0.1) is 12.7 Å². The molecule has 0 saturated carbocycles. The number of aryl methyl sites for hydroxylation is 2. The molecule has 1 aliphatic rings. The Kier molecular flexibility index (Phi) is 6.62. The van der Waals surface area contributed by atoms with Gasteiger partial charge in [0.25, 0.3) is 11.8 Å². The highest BCUT2D eigenvalue weighted by Crippen LogP contribution is 2.32. The average Bonchev–Trinajstić information content (AvgIpc) is 3.21. The summed E-state index contributed by atoms with van der Waals surface area (Å²) in [5.74, 6) is -2.11. The topological polar surface area (TPSA) is 121 Å². The van der Waals surface area contributed by atoms with Crippen LogP contribution in [0.4, 0.5) is 4.39 Å². The molecule has 0 aliphatic heterocycles. The smallest absolute Gasteiger partial charge is 0.307 e. The number of aromatic nitrogens is 2. The molecule has 1 heterocycles. The molecule has 34 heavy (non-hydrogen) atoms. The quantitative estimate of drug-likeness (QED) is 0.497. The zero-order chi connectivity index (χ0) is 24.2. The van der Waals surface area contributed by atoms with Gasteiger partial charge < -0.3 is 15.7 Å². The molecule has 0 saturated heterocycles. The van der Waals surface area contributed by atoms with Crippen molar-refractivity contribution >= 4 is 17.8 Å². The molecule has 0 fully saturated rings. The first kappa shape index (κ1) is 23.0. The Hall–Kier alpha value is -4.14. The maximum absolute atomic E-state index is 13.4. The Bertz CT molecular complexity index is 1280. The summed E-state index contributed by atoms with van der Waals surface area (Å²) in [4.78, 5) is 44.2. The lowest BCUT2D eigenvalue weighted by Gasteiger charge is -2.14. The lowest BCUT2D eigenvalue weighted by molar-refractivity contribution is -0.136. The predicted octanol–water partition coefficient (Wildman–Crippen LogP) is 2.90. The standard InChI is InChI=1S/C25H23FN4O4/c1-14-8-16(3-6-19(14)26)12-27-24(33)21-11-22(29-13-28-21)25(34)30-20-7-4-17-9-15(10-23(31)32)2-5-18(17)20/h2-3,5-6,8-9,11,13,20H,4,7,10,12H2,1H3,(H,27,33)(H,30,34)(H,31,32). The van der Waals surface area contributed by atoms with Gasteiger partial charge >= 0.3 is 5.97 Å². The van der Waals surface area contributed by atoms with Crippen molar-refractivity contribution in [3.63, 3.8) is 0 Å². The van der Waals surface area contributed by atoms with Crippen molar-refractivity contribution in [2.24, 2.45) is 0 Å². The summed E-state index contributed by atoms with van der Waals surface area (Å²) in [5, 5.41) is 14.6. The number of hydrogen-bond donors (Lipinski definition) is 3. The van der Waals surface area contributed by atoms with Crippen LogP contribution >= 0.6 is 0 Å². The lowest BCUT2D eigenvalue weighted by atomic mass is 10.0. The van der Waals surface area contributed by atoms with E-state index in [0.29, 0.717) is 12.0 Å². The first-order valence-electron chi connectivity index (χ1n) is 10.8. The number of nitrogens with zero attached hydrogens (tertiary/aromatic N) is 2. The molecule has 1 unspecified atom stereocenters. The maximum atomic E-state index is 13.4. The van der Waals surface area contributed by atoms with Crippen molar-refractivity contribution in [1.29, 1.82) is 0 Å². The minimum Gasteiger partial charge on any atom is -0.481 e. The van der Waals surface area contributed by atoms with Crippen LogP contribution < -0.4 is 10.6 Å². The maximum Gasteiger partial charge on any atom is 0.307 e. The number of benzene rings is 2. The summed E-state index contributed by atoms with van der Waals surface area (Å²) >= 11 is 0. The number of halogens is 1. The highest BCUT2D eigenvalue weighted by Gasteiger charge is 2.25. The zero-order valence-corrected chi connectivity index (χ0v) is 18.5. The van der Waals surface area contributed by atoms with Crippen LogP contribution in [-0.2, 0) is 24.2 Å². The van der Waals surface area contributed by atoms with Crippen LogP contribution in [0.3, 0.4) is 0 Å². The highest BCUT2D eigenvalue weighted by molar-refractivity contribution is 5.97. The highest BCUT2D eigenvalue weighted by atomic mass is 19.1. The van der Waals surface area contributed by atoms with Crippen LogP contribution in [0.2, 0.25) is 0 Å². The Morgan fingerprint density at radius 3 is 2.50 bits per heavy atom. The second-order valence-corrected chi connectivity index (χ2v) is 8.22.